The van der Waals surface area contributed by atoms with Crippen LogP contribution in [0.2, 0.25) is 0 Å². The average Bonchev–Trinajstić information content (AvgIpc) is 2.97. The zero-order valence-electron chi connectivity index (χ0n) is 11.5. The van der Waals surface area contributed by atoms with Gasteiger partial charge in [-0.2, -0.15) is 0 Å². The molecular formula is C16H17NO2. The number of carbonyl (C=O) groups is 1. The molecule has 0 amide bonds. The van der Waals surface area contributed by atoms with Crippen LogP contribution in [0.4, 0.5) is 0 Å². The molecule has 2 aromatic rings. The maximum atomic E-state index is 12.6. The van der Waals surface area contributed by atoms with E-state index in [1.165, 1.54) is 5.56 Å². The lowest BCUT2D eigenvalue weighted by molar-refractivity contribution is 0.103. The fraction of sp³-hybridized carbons (Fsp3) is 0.312. The van der Waals surface area contributed by atoms with E-state index in [1.54, 1.807) is 0 Å². The maximum Gasteiger partial charge on any atom is 0.209 e. The Hall–Kier alpha value is -1.87. The molecule has 0 unspecified atom stereocenters. The van der Waals surface area contributed by atoms with Gasteiger partial charge in [-0.25, -0.2) is 0 Å². The lowest BCUT2D eigenvalue weighted by atomic mass is 10.00. The third-order valence-electron chi connectivity index (χ3n) is 4.02. The molecule has 1 aromatic carbocycles. The van der Waals surface area contributed by atoms with E-state index in [-0.39, 0.29) is 5.78 Å². The molecule has 0 spiro atoms. The highest BCUT2D eigenvalue weighted by Crippen LogP contribution is 2.24. The van der Waals surface area contributed by atoms with Crippen LogP contribution in [0.5, 0.6) is 0 Å². The van der Waals surface area contributed by atoms with Gasteiger partial charge in [-0.1, -0.05) is 12.1 Å². The Kier molecular flexibility index (Phi) is 2.79. The third-order valence-corrected chi connectivity index (χ3v) is 4.02. The second-order valence-electron chi connectivity index (χ2n) is 5.18. The highest BCUT2D eigenvalue weighted by atomic mass is 16.5. The minimum Gasteiger partial charge on any atom is -0.372 e. The Bertz CT molecular complexity index is 668. The monoisotopic (exact) mass is 255 g/mol. The molecule has 1 aliphatic heterocycles. The van der Waals surface area contributed by atoms with E-state index < -0.39 is 0 Å². The summed E-state index contributed by atoms with van der Waals surface area (Å²) in [6, 6.07) is 5.84. The van der Waals surface area contributed by atoms with Gasteiger partial charge >= 0.3 is 0 Å². The van der Waals surface area contributed by atoms with Crippen LogP contribution in [0.3, 0.4) is 0 Å². The number of hydrogen-bond donors (Lipinski definition) is 1. The van der Waals surface area contributed by atoms with E-state index >= 15 is 0 Å². The van der Waals surface area contributed by atoms with Gasteiger partial charge in [-0.3, -0.25) is 4.79 Å². The first kappa shape index (κ1) is 12.2. The van der Waals surface area contributed by atoms with Gasteiger partial charge in [-0.05, 0) is 49.1 Å². The van der Waals surface area contributed by atoms with Crippen LogP contribution in [-0.2, 0) is 18.0 Å². The number of aromatic amines is 1. The zero-order chi connectivity index (χ0) is 13.6. The molecule has 0 fully saturated rings. The quantitative estimate of drug-likeness (QED) is 0.837. The minimum absolute atomic E-state index is 0.0587. The fourth-order valence-corrected chi connectivity index (χ4v) is 2.53. The summed E-state index contributed by atoms with van der Waals surface area (Å²) >= 11 is 0. The van der Waals surface area contributed by atoms with Crippen molar-refractivity contribution >= 4 is 5.78 Å². The first-order valence-electron chi connectivity index (χ1n) is 6.48. The summed E-state index contributed by atoms with van der Waals surface area (Å²) in [5.74, 6) is 0.0587. The lowest BCUT2D eigenvalue weighted by Crippen LogP contribution is -2.04. The molecule has 3 rings (SSSR count). The predicted molar refractivity (Wildman–Crippen MR) is 73.4 cm³/mol. The van der Waals surface area contributed by atoms with Crippen LogP contribution in [0.1, 0.15) is 44.0 Å². The predicted octanol–water partition coefficient (Wildman–Crippen LogP) is 3.20. The molecule has 98 valence electrons. The van der Waals surface area contributed by atoms with Gasteiger partial charge in [0.05, 0.1) is 18.9 Å². The molecule has 1 N–H and O–H groups in total. The highest BCUT2D eigenvalue weighted by molar-refractivity contribution is 6.09. The number of H-pyrrole nitrogens is 1. The van der Waals surface area contributed by atoms with Crippen LogP contribution in [0.15, 0.2) is 18.2 Å². The van der Waals surface area contributed by atoms with Gasteiger partial charge in [0.1, 0.15) is 0 Å². The van der Waals surface area contributed by atoms with Crippen molar-refractivity contribution in [3.63, 3.8) is 0 Å². The molecule has 0 saturated carbocycles. The Balaban J connectivity index is 2.02. The summed E-state index contributed by atoms with van der Waals surface area (Å²) in [6.07, 6.45) is 0. The number of aromatic nitrogens is 1. The number of ketones is 1. The van der Waals surface area contributed by atoms with Crippen molar-refractivity contribution in [2.75, 3.05) is 0 Å². The molecule has 0 radical (unpaired) electrons. The summed E-state index contributed by atoms with van der Waals surface area (Å²) in [5.41, 5.74) is 7.01. The van der Waals surface area contributed by atoms with E-state index in [9.17, 15) is 4.79 Å². The number of nitrogens with one attached hydrogen (secondary N) is 1. The van der Waals surface area contributed by atoms with Crippen molar-refractivity contribution in [3.8, 4) is 0 Å². The molecular weight excluding hydrogens is 238 g/mol. The van der Waals surface area contributed by atoms with Crippen molar-refractivity contribution in [3.05, 3.63) is 57.4 Å². The van der Waals surface area contributed by atoms with Crippen molar-refractivity contribution in [2.24, 2.45) is 0 Å². The summed E-state index contributed by atoms with van der Waals surface area (Å²) in [7, 11) is 0. The Morgan fingerprint density at radius 2 is 1.84 bits per heavy atom. The molecule has 19 heavy (non-hydrogen) atoms. The molecule has 2 heterocycles. The summed E-state index contributed by atoms with van der Waals surface area (Å²) in [6.45, 7) is 7.29. The van der Waals surface area contributed by atoms with Gasteiger partial charge in [0.15, 0.2) is 0 Å². The van der Waals surface area contributed by atoms with Crippen LogP contribution in [0.25, 0.3) is 0 Å². The molecule has 1 aliphatic rings. The largest absolute Gasteiger partial charge is 0.372 e. The Labute approximate surface area is 112 Å². The number of benzene rings is 1. The number of carbonyl (C=O) groups excluding carboxylic acids is 1. The average molecular weight is 255 g/mol. The van der Waals surface area contributed by atoms with Gasteiger partial charge in [-0.15, -0.1) is 0 Å². The van der Waals surface area contributed by atoms with Crippen LogP contribution >= 0.6 is 0 Å². The SMILES string of the molecule is Cc1[nH]c(C(=O)c2ccc3c(c2)COC3)c(C)c1C. The second kappa shape index (κ2) is 4.35. The van der Waals surface area contributed by atoms with Crippen molar-refractivity contribution in [2.45, 2.75) is 34.0 Å². The summed E-state index contributed by atoms with van der Waals surface area (Å²) < 4.78 is 5.38. The molecule has 0 aliphatic carbocycles. The van der Waals surface area contributed by atoms with Gasteiger partial charge in [0.25, 0.3) is 0 Å². The summed E-state index contributed by atoms with van der Waals surface area (Å²) in [4.78, 5) is 15.8. The fourth-order valence-electron chi connectivity index (χ4n) is 2.53. The maximum absolute atomic E-state index is 12.6. The van der Waals surface area contributed by atoms with Crippen LogP contribution < -0.4 is 0 Å². The molecule has 3 nitrogen and oxygen atoms in total. The summed E-state index contributed by atoms with van der Waals surface area (Å²) in [5, 5.41) is 0. The number of hydrogen-bond acceptors (Lipinski definition) is 2. The van der Waals surface area contributed by atoms with Gasteiger partial charge in [0, 0.05) is 11.3 Å². The topological polar surface area (TPSA) is 42.1 Å². The Morgan fingerprint density at radius 3 is 2.53 bits per heavy atom. The first-order chi connectivity index (χ1) is 9.08. The molecule has 0 bridgehead atoms. The standard InChI is InChI=1S/C16H17NO2/c1-9-10(2)15(17-11(9)3)16(18)12-4-5-13-7-19-8-14(13)6-12/h4-6,17H,7-8H2,1-3H3. The van der Waals surface area contributed by atoms with Crippen molar-refractivity contribution in [1.82, 2.24) is 4.98 Å². The van der Waals surface area contributed by atoms with E-state index in [0.29, 0.717) is 18.9 Å². The first-order valence-corrected chi connectivity index (χ1v) is 6.48. The number of aryl methyl sites for hydroxylation is 1. The van der Waals surface area contributed by atoms with Gasteiger partial charge < -0.3 is 9.72 Å². The van der Waals surface area contributed by atoms with E-state index in [2.05, 4.69) is 4.98 Å². The minimum atomic E-state index is 0.0587. The number of fused-ring (bicyclic) bond motifs is 1. The molecule has 0 atom stereocenters. The third kappa shape index (κ3) is 1.90. The highest BCUT2D eigenvalue weighted by Gasteiger charge is 2.19. The van der Waals surface area contributed by atoms with Crippen LogP contribution in [0, 0.1) is 20.8 Å². The molecule has 1 aromatic heterocycles. The van der Waals surface area contributed by atoms with E-state index in [0.717, 1.165) is 27.9 Å². The second-order valence-corrected chi connectivity index (χ2v) is 5.18. The lowest BCUT2D eigenvalue weighted by Gasteiger charge is -2.03. The Morgan fingerprint density at radius 1 is 1.11 bits per heavy atom. The van der Waals surface area contributed by atoms with E-state index in [4.69, 9.17) is 4.74 Å². The molecule has 3 heteroatoms. The van der Waals surface area contributed by atoms with Gasteiger partial charge in [0.2, 0.25) is 5.78 Å². The van der Waals surface area contributed by atoms with Crippen LogP contribution in [-0.4, -0.2) is 10.8 Å². The smallest absolute Gasteiger partial charge is 0.209 e. The molecule has 0 saturated heterocycles. The van der Waals surface area contributed by atoms with E-state index in [1.807, 2.05) is 39.0 Å². The van der Waals surface area contributed by atoms with Crippen molar-refractivity contribution in [1.29, 1.82) is 0 Å². The number of rotatable bonds is 2. The normalized spacial score (nSPS) is 13.6. The van der Waals surface area contributed by atoms with Crippen molar-refractivity contribution < 1.29 is 9.53 Å². The number of ether oxygens (including phenoxy) is 1. The zero-order valence-corrected chi connectivity index (χ0v) is 11.5.